The van der Waals surface area contributed by atoms with E-state index in [1.807, 2.05) is 6.08 Å². The van der Waals surface area contributed by atoms with Gasteiger partial charge in [-0.05, 0) is 54.9 Å². The van der Waals surface area contributed by atoms with Crippen molar-refractivity contribution >= 4 is 11.6 Å². The predicted octanol–water partition coefficient (Wildman–Crippen LogP) is 4.48. The molecule has 3 aliphatic rings. The second-order valence-corrected chi connectivity index (χ2v) is 8.31. The normalized spacial score (nSPS) is 42.1. The molecule has 2 heteroatoms. The lowest BCUT2D eigenvalue weighted by atomic mass is 9.43. The van der Waals surface area contributed by atoms with Crippen LogP contribution in [0.25, 0.3) is 0 Å². The zero-order chi connectivity index (χ0) is 15.5. The zero-order valence-electron chi connectivity index (χ0n) is 13.9. The van der Waals surface area contributed by atoms with Crippen molar-refractivity contribution in [1.82, 2.24) is 0 Å². The summed E-state index contributed by atoms with van der Waals surface area (Å²) in [7, 11) is 0. The Morgan fingerprint density at radius 3 is 2.48 bits per heavy atom. The Hall–Kier alpha value is -0.920. The molecule has 21 heavy (non-hydrogen) atoms. The molecule has 0 saturated heterocycles. The van der Waals surface area contributed by atoms with Gasteiger partial charge in [0.15, 0.2) is 5.78 Å². The van der Waals surface area contributed by atoms with Crippen molar-refractivity contribution in [3.05, 3.63) is 11.6 Å². The van der Waals surface area contributed by atoms with E-state index in [2.05, 4.69) is 27.7 Å². The molecule has 0 heterocycles. The summed E-state index contributed by atoms with van der Waals surface area (Å²) in [5.74, 6) is 1.10. The van der Waals surface area contributed by atoms with Crippen molar-refractivity contribution in [1.29, 1.82) is 0 Å². The monoisotopic (exact) mass is 288 g/mol. The van der Waals surface area contributed by atoms with Gasteiger partial charge >= 0.3 is 0 Å². The van der Waals surface area contributed by atoms with Crippen LogP contribution < -0.4 is 0 Å². The number of hydrogen-bond acceptors (Lipinski definition) is 2. The molecule has 3 aliphatic carbocycles. The fourth-order valence-electron chi connectivity index (χ4n) is 5.74. The Labute approximate surface area is 128 Å². The van der Waals surface area contributed by atoms with Gasteiger partial charge in [-0.3, -0.25) is 9.59 Å². The van der Waals surface area contributed by atoms with Gasteiger partial charge in [-0.15, -0.1) is 0 Å². The third kappa shape index (κ3) is 1.90. The predicted molar refractivity (Wildman–Crippen MR) is 83.9 cm³/mol. The summed E-state index contributed by atoms with van der Waals surface area (Å²) in [6, 6.07) is 0. The van der Waals surface area contributed by atoms with Gasteiger partial charge in [0, 0.05) is 18.3 Å². The molecule has 2 saturated carbocycles. The Bertz CT molecular complexity index is 528. The van der Waals surface area contributed by atoms with Gasteiger partial charge in [0.1, 0.15) is 5.78 Å². The van der Waals surface area contributed by atoms with Crippen LogP contribution in [0.5, 0.6) is 0 Å². The van der Waals surface area contributed by atoms with Crippen LogP contribution in [0.15, 0.2) is 11.6 Å². The van der Waals surface area contributed by atoms with Gasteiger partial charge in [-0.25, -0.2) is 0 Å². The van der Waals surface area contributed by atoms with Crippen molar-refractivity contribution in [3.63, 3.8) is 0 Å². The Kier molecular flexibility index (Phi) is 3.24. The van der Waals surface area contributed by atoms with E-state index in [9.17, 15) is 9.59 Å². The molecule has 0 aromatic heterocycles. The average Bonchev–Trinajstić information content (AvgIpc) is 2.44. The third-order valence-corrected chi connectivity index (χ3v) is 7.16. The van der Waals surface area contributed by atoms with Crippen LogP contribution in [0.4, 0.5) is 0 Å². The zero-order valence-corrected chi connectivity index (χ0v) is 13.9. The van der Waals surface area contributed by atoms with Gasteiger partial charge in [-0.1, -0.05) is 33.3 Å². The molecule has 0 amide bonds. The van der Waals surface area contributed by atoms with Crippen LogP contribution >= 0.6 is 0 Å². The number of carbonyl (C=O) groups is 2. The number of allylic oxidation sites excluding steroid dienone is 2. The van der Waals surface area contributed by atoms with E-state index in [1.165, 1.54) is 5.57 Å². The molecule has 2 fully saturated rings. The first-order valence-corrected chi connectivity index (χ1v) is 8.55. The van der Waals surface area contributed by atoms with Gasteiger partial charge in [0.25, 0.3) is 0 Å². The third-order valence-electron chi connectivity index (χ3n) is 7.16. The van der Waals surface area contributed by atoms with E-state index in [1.54, 1.807) is 0 Å². The van der Waals surface area contributed by atoms with Crippen LogP contribution in [0, 0.1) is 22.2 Å². The fourth-order valence-corrected chi connectivity index (χ4v) is 5.74. The summed E-state index contributed by atoms with van der Waals surface area (Å²) < 4.78 is 0. The molecule has 0 aliphatic heterocycles. The number of rotatable bonds is 1. The minimum atomic E-state index is -0.242. The maximum Gasteiger partial charge on any atom is 0.155 e. The minimum Gasteiger partial charge on any atom is -0.299 e. The van der Waals surface area contributed by atoms with E-state index in [0.29, 0.717) is 30.3 Å². The van der Waals surface area contributed by atoms with Crippen molar-refractivity contribution in [2.24, 2.45) is 22.2 Å². The molecule has 3 atom stereocenters. The molecular formula is C19H28O2. The quantitative estimate of drug-likeness (QED) is 0.713. The van der Waals surface area contributed by atoms with E-state index in [0.717, 1.165) is 32.1 Å². The van der Waals surface area contributed by atoms with Crippen LogP contribution in [-0.2, 0) is 9.59 Å². The highest BCUT2D eigenvalue weighted by molar-refractivity contribution is 5.92. The fraction of sp³-hybridized carbons (Fsp3) is 0.789. The van der Waals surface area contributed by atoms with Crippen molar-refractivity contribution in [2.45, 2.75) is 72.6 Å². The standard InChI is InChI=1S/C19H28O2/c1-5-19-10-6-13(20)12-15(19)18(4)9-8-16(21)17(2,3)14(18)7-11-19/h12,14H,5-11H2,1-4H3/t14?,18-,19?/m0/s1. The van der Waals surface area contributed by atoms with Gasteiger partial charge in [0.05, 0.1) is 0 Å². The second kappa shape index (κ2) is 4.54. The molecular weight excluding hydrogens is 260 g/mol. The summed E-state index contributed by atoms with van der Waals surface area (Å²) in [5.41, 5.74) is 1.43. The number of fused-ring (bicyclic) bond motifs is 3. The first kappa shape index (κ1) is 15.0. The van der Waals surface area contributed by atoms with Crippen molar-refractivity contribution in [3.8, 4) is 0 Å². The SMILES string of the molecule is CCC12CCC(=O)C=C1[C@@]1(C)CCC(=O)C(C)(C)C1CC2. The lowest BCUT2D eigenvalue weighted by Crippen LogP contribution is -2.55. The Balaban J connectivity index is 2.12. The molecule has 0 N–H and O–H groups in total. The largest absolute Gasteiger partial charge is 0.299 e. The number of Topliss-reactive ketones (excluding diaryl/α,β-unsaturated/α-hetero) is 1. The highest BCUT2D eigenvalue weighted by Crippen LogP contribution is 2.65. The molecule has 0 spiro atoms. The van der Waals surface area contributed by atoms with E-state index in [-0.39, 0.29) is 16.2 Å². The highest BCUT2D eigenvalue weighted by Gasteiger charge is 2.59. The molecule has 2 nitrogen and oxygen atoms in total. The van der Waals surface area contributed by atoms with Gasteiger partial charge in [-0.2, -0.15) is 0 Å². The minimum absolute atomic E-state index is 0.0434. The summed E-state index contributed by atoms with van der Waals surface area (Å²) in [6.07, 6.45) is 8.72. The molecule has 0 aromatic rings. The van der Waals surface area contributed by atoms with Crippen molar-refractivity contribution in [2.75, 3.05) is 0 Å². The lowest BCUT2D eigenvalue weighted by Gasteiger charge is -2.60. The van der Waals surface area contributed by atoms with Crippen LogP contribution in [0.2, 0.25) is 0 Å². The molecule has 0 aromatic carbocycles. The van der Waals surface area contributed by atoms with Crippen LogP contribution in [0.3, 0.4) is 0 Å². The number of hydrogen-bond donors (Lipinski definition) is 0. The van der Waals surface area contributed by atoms with Gasteiger partial charge < -0.3 is 0 Å². The molecule has 116 valence electrons. The van der Waals surface area contributed by atoms with Crippen molar-refractivity contribution < 1.29 is 9.59 Å². The Morgan fingerprint density at radius 1 is 1.10 bits per heavy atom. The number of ketones is 2. The maximum atomic E-state index is 12.4. The summed E-state index contributed by atoms with van der Waals surface area (Å²) >= 11 is 0. The van der Waals surface area contributed by atoms with Crippen LogP contribution in [0.1, 0.15) is 72.6 Å². The summed E-state index contributed by atoms with van der Waals surface area (Å²) in [4.78, 5) is 24.5. The molecule has 2 unspecified atom stereocenters. The topological polar surface area (TPSA) is 34.1 Å². The van der Waals surface area contributed by atoms with Crippen LogP contribution in [-0.4, -0.2) is 11.6 Å². The molecule has 3 rings (SSSR count). The van der Waals surface area contributed by atoms with E-state index in [4.69, 9.17) is 0 Å². The maximum absolute atomic E-state index is 12.4. The van der Waals surface area contributed by atoms with E-state index < -0.39 is 0 Å². The lowest BCUT2D eigenvalue weighted by molar-refractivity contribution is -0.142. The molecule has 0 radical (unpaired) electrons. The first-order chi connectivity index (χ1) is 9.76. The second-order valence-electron chi connectivity index (χ2n) is 8.31. The highest BCUT2D eigenvalue weighted by atomic mass is 16.1. The summed E-state index contributed by atoms with van der Waals surface area (Å²) in [5, 5.41) is 0. The smallest absolute Gasteiger partial charge is 0.155 e. The first-order valence-electron chi connectivity index (χ1n) is 8.55. The Morgan fingerprint density at radius 2 is 1.81 bits per heavy atom. The average molecular weight is 288 g/mol. The number of carbonyl (C=O) groups excluding carboxylic acids is 2. The molecule has 0 bridgehead atoms. The van der Waals surface area contributed by atoms with Gasteiger partial charge in [0.2, 0.25) is 0 Å². The summed E-state index contributed by atoms with van der Waals surface area (Å²) in [6.45, 7) is 8.86. The van der Waals surface area contributed by atoms with E-state index >= 15 is 0 Å².